The quantitative estimate of drug-likeness (QED) is 0.322. The number of carbonyl (C=O) groups excluding carboxylic acids is 4. The van der Waals surface area contributed by atoms with E-state index >= 15 is 0 Å². The molecule has 0 aliphatic carbocycles. The van der Waals surface area contributed by atoms with Gasteiger partial charge >= 0.3 is 6.16 Å². The summed E-state index contributed by atoms with van der Waals surface area (Å²) in [5.41, 5.74) is 2.37. The molecule has 1 aliphatic heterocycles. The summed E-state index contributed by atoms with van der Waals surface area (Å²) in [6.07, 6.45) is -0.668. The van der Waals surface area contributed by atoms with Crippen LogP contribution in [0.3, 0.4) is 0 Å². The summed E-state index contributed by atoms with van der Waals surface area (Å²) in [6.45, 7) is 4.17. The molecule has 0 saturated carbocycles. The first-order valence-electron chi connectivity index (χ1n) is 12.4. The van der Waals surface area contributed by atoms with Crippen LogP contribution >= 0.6 is 0 Å². The highest BCUT2D eigenvalue weighted by Gasteiger charge is 2.37. The smallest absolute Gasteiger partial charge is 0.434 e. The molecule has 2 unspecified atom stereocenters. The summed E-state index contributed by atoms with van der Waals surface area (Å²) in [5.74, 6) is -0.889. The number of rotatable bonds is 8. The predicted molar refractivity (Wildman–Crippen MR) is 142 cm³/mol. The normalized spacial score (nSPS) is 15.5. The molecule has 1 heterocycles. The van der Waals surface area contributed by atoms with Crippen molar-refractivity contribution in [3.8, 4) is 5.75 Å². The Kier molecular flexibility index (Phi) is 8.37. The van der Waals surface area contributed by atoms with Crippen LogP contribution in [0.2, 0.25) is 0 Å². The van der Waals surface area contributed by atoms with Gasteiger partial charge in [0.15, 0.2) is 0 Å². The maximum absolute atomic E-state index is 12.9. The Balaban J connectivity index is 1.34. The van der Waals surface area contributed by atoms with Gasteiger partial charge in [0, 0.05) is 29.9 Å². The lowest BCUT2D eigenvalue weighted by Crippen LogP contribution is -2.30. The molecule has 1 aliphatic rings. The number of ether oxygens (including phenoxy) is 2. The van der Waals surface area contributed by atoms with Crippen LogP contribution in [0.15, 0.2) is 78.9 Å². The average Bonchev–Trinajstić information content (AvgIpc) is 3.31. The molecule has 2 N–H and O–H groups in total. The van der Waals surface area contributed by atoms with Crippen LogP contribution in [0.4, 0.5) is 16.2 Å². The molecule has 3 amide bonds. The Hall–Kier alpha value is -4.66. The van der Waals surface area contributed by atoms with Crippen molar-refractivity contribution in [1.82, 2.24) is 4.90 Å². The fourth-order valence-corrected chi connectivity index (χ4v) is 4.23. The van der Waals surface area contributed by atoms with Crippen LogP contribution in [0.5, 0.6) is 5.75 Å². The zero-order valence-electron chi connectivity index (χ0n) is 21.2. The van der Waals surface area contributed by atoms with E-state index in [-0.39, 0.29) is 42.5 Å². The van der Waals surface area contributed by atoms with Crippen LogP contribution in [-0.4, -0.2) is 41.9 Å². The molecule has 9 nitrogen and oxygen atoms in total. The Labute approximate surface area is 220 Å². The van der Waals surface area contributed by atoms with Gasteiger partial charge in [-0.05, 0) is 61.9 Å². The third kappa shape index (κ3) is 6.56. The van der Waals surface area contributed by atoms with Crippen LogP contribution in [0.25, 0.3) is 0 Å². The maximum atomic E-state index is 12.9. The van der Waals surface area contributed by atoms with E-state index in [1.807, 2.05) is 37.3 Å². The first-order valence-corrected chi connectivity index (χ1v) is 12.4. The molecule has 4 rings (SSSR count). The van der Waals surface area contributed by atoms with Crippen molar-refractivity contribution < 1.29 is 28.7 Å². The largest absolute Gasteiger partial charge is 0.513 e. The van der Waals surface area contributed by atoms with E-state index in [0.29, 0.717) is 23.5 Å². The molecule has 0 aromatic heterocycles. The minimum Gasteiger partial charge on any atom is -0.434 e. The Morgan fingerprint density at radius 1 is 0.947 bits per heavy atom. The Morgan fingerprint density at radius 3 is 2.32 bits per heavy atom. The SMILES string of the molecule is CCOC(=O)Oc1ccc(C(=O)Nc2cccc(NC(=O)C3CC(=O)N(C(C)c4ccccc4)C3)c2)cc1. The molecule has 1 saturated heterocycles. The van der Waals surface area contributed by atoms with Gasteiger partial charge in [-0.1, -0.05) is 36.4 Å². The third-order valence-electron chi connectivity index (χ3n) is 6.25. The van der Waals surface area contributed by atoms with E-state index in [4.69, 9.17) is 9.47 Å². The number of anilines is 2. The molecule has 2 atom stereocenters. The molecule has 9 heteroatoms. The maximum Gasteiger partial charge on any atom is 0.513 e. The molecule has 1 fully saturated rings. The van der Waals surface area contributed by atoms with Crippen molar-refractivity contribution in [2.75, 3.05) is 23.8 Å². The van der Waals surface area contributed by atoms with Gasteiger partial charge in [-0.3, -0.25) is 14.4 Å². The molecule has 196 valence electrons. The van der Waals surface area contributed by atoms with Gasteiger partial charge in [-0.25, -0.2) is 4.79 Å². The number of benzene rings is 3. The number of hydrogen-bond acceptors (Lipinski definition) is 6. The lowest BCUT2D eigenvalue weighted by molar-refractivity contribution is -0.129. The summed E-state index contributed by atoms with van der Waals surface area (Å²) in [5, 5.41) is 5.65. The number of carbonyl (C=O) groups is 4. The molecule has 3 aromatic carbocycles. The Bertz CT molecular complexity index is 1310. The van der Waals surface area contributed by atoms with Crippen LogP contribution in [0, 0.1) is 5.92 Å². The fraction of sp³-hybridized carbons (Fsp3) is 0.241. The number of likely N-dealkylation sites (tertiary alicyclic amines) is 1. The van der Waals surface area contributed by atoms with Gasteiger partial charge in [0.1, 0.15) is 5.75 Å². The van der Waals surface area contributed by atoms with Crippen LogP contribution in [-0.2, 0) is 14.3 Å². The monoisotopic (exact) mass is 515 g/mol. The van der Waals surface area contributed by atoms with Gasteiger partial charge in [-0.15, -0.1) is 0 Å². The van der Waals surface area contributed by atoms with Crippen molar-refractivity contribution in [3.63, 3.8) is 0 Å². The topological polar surface area (TPSA) is 114 Å². The van der Waals surface area contributed by atoms with E-state index in [1.54, 1.807) is 36.1 Å². The third-order valence-corrected chi connectivity index (χ3v) is 6.25. The summed E-state index contributed by atoms with van der Waals surface area (Å²) in [7, 11) is 0. The van der Waals surface area contributed by atoms with Crippen molar-refractivity contribution in [3.05, 3.63) is 90.0 Å². The van der Waals surface area contributed by atoms with E-state index in [9.17, 15) is 19.2 Å². The summed E-state index contributed by atoms with van der Waals surface area (Å²) < 4.78 is 9.72. The molecule has 0 bridgehead atoms. The standard InChI is InChI=1S/C29H29N3O6/c1-3-37-29(36)38-25-14-12-21(13-15-25)27(34)30-23-10-7-11-24(17-23)31-28(35)22-16-26(33)32(18-22)19(2)20-8-5-4-6-9-20/h4-15,17,19,22H,3,16,18H2,1-2H3,(H,30,34)(H,31,35). The van der Waals surface area contributed by atoms with E-state index in [0.717, 1.165) is 5.56 Å². The minimum absolute atomic E-state index is 0.0545. The highest BCUT2D eigenvalue weighted by Crippen LogP contribution is 2.29. The van der Waals surface area contributed by atoms with Crippen molar-refractivity contribution in [2.45, 2.75) is 26.3 Å². The first kappa shape index (κ1) is 26.4. The molecular weight excluding hydrogens is 486 g/mol. The first-order chi connectivity index (χ1) is 18.3. The number of amides is 3. The van der Waals surface area contributed by atoms with E-state index in [2.05, 4.69) is 10.6 Å². The highest BCUT2D eigenvalue weighted by molar-refractivity contribution is 6.05. The summed E-state index contributed by atoms with van der Waals surface area (Å²) >= 11 is 0. The van der Waals surface area contributed by atoms with Crippen molar-refractivity contribution in [2.24, 2.45) is 5.92 Å². The number of hydrogen-bond donors (Lipinski definition) is 2. The number of nitrogens with zero attached hydrogens (tertiary/aromatic N) is 1. The lowest BCUT2D eigenvalue weighted by Gasteiger charge is -2.25. The van der Waals surface area contributed by atoms with Gasteiger partial charge in [0.05, 0.1) is 18.6 Å². The number of nitrogens with one attached hydrogen (secondary N) is 2. The van der Waals surface area contributed by atoms with Gasteiger partial charge in [0.25, 0.3) is 5.91 Å². The summed E-state index contributed by atoms with van der Waals surface area (Å²) in [4.78, 5) is 51.4. The average molecular weight is 516 g/mol. The minimum atomic E-state index is -0.816. The second-order valence-electron chi connectivity index (χ2n) is 8.87. The molecule has 3 aromatic rings. The zero-order valence-corrected chi connectivity index (χ0v) is 21.2. The van der Waals surface area contributed by atoms with Crippen LogP contribution < -0.4 is 15.4 Å². The Morgan fingerprint density at radius 2 is 1.63 bits per heavy atom. The second kappa shape index (κ2) is 12.1. The van der Waals surface area contributed by atoms with Crippen LogP contribution in [0.1, 0.15) is 42.2 Å². The molecule has 0 spiro atoms. The highest BCUT2D eigenvalue weighted by atomic mass is 16.7. The van der Waals surface area contributed by atoms with E-state index < -0.39 is 12.1 Å². The summed E-state index contributed by atoms with van der Waals surface area (Å²) in [6, 6.07) is 22.4. The lowest BCUT2D eigenvalue weighted by atomic mass is 10.1. The van der Waals surface area contributed by atoms with Gasteiger partial charge in [-0.2, -0.15) is 0 Å². The van der Waals surface area contributed by atoms with Crippen molar-refractivity contribution in [1.29, 1.82) is 0 Å². The second-order valence-corrected chi connectivity index (χ2v) is 8.87. The predicted octanol–water partition coefficient (Wildman–Crippen LogP) is 5.02. The molecular formula is C29H29N3O6. The molecule has 0 radical (unpaired) electrons. The van der Waals surface area contributed by atoms with Gasteiger partial charge < -0.3 is 25.0 Å². The van der Waals surface area contributed by atoms with Gasteiger partial charge in [0.2, 0.25) is 11.8 Å². The fourth-order valence-electron chi connectivity index (χ4n) is 4.23. The van der Waals surface area contributed by atoms with E-state index in [1.165, 1.54) is 24.3 Å². The zero-order chi connectivity index (χ0) is 27.1. The molecule has 38 heavy (non-hydrogen) atoms. The van der Waals surface area contributed by atoms with Crippen molar-refractivity contribution >= 4 is 35.3 Å².